The van der Waals surface area contributed by atoms with Gasteiger partial charge in [-0.3, -0.25) is 9.89 Å². The van der Waals surface area contributed by atoms with E-state index >= 15 is 0 Å². The molecule has 1 fully saturated rings. The number of H-pyrrole nitrogens is 1. The van der Waals surface area contributed by atoms with Gasteiger partial charge in [0.2, 0.25) is 5.91 Å². The molecule has 0 unspecified atom stereocenters. The van der Waals surface area contributed by atoms with Gasteiger partial charge in [0.1, 0.15) is 5.75 Å². The highest BCUT2D eigenvalue weighted by Gasteiger charge is 2.22. The summed E-state index contributed by atoms with van der Waals surface area (Å²) in [5.41, 5.74) is 2.66. The number of ether oxygens (including phenoxy) is 1. The van der Waals surface area contributed by atoms with E-state index in [1.54, 1.807) is 7.11 Å². The van der Waals surface area contributed by atoms with Crippen LogP contribution in [0.3, 0.4) is 0 Å². The number of halogens is 1. The summed E-state index contributed by atoms with van der Waals surface area (Å²) in [7, 11) is 1.63. The number of methoxy groups -OCH3 is 1. The van der Waals surface area contributed by atoms with Gasteiger partial charge in [-0.2, -0.15) is 5.10 Å². The molecule has 1 atom stereocenters. The van der Waals surface area contributed by atoms with E-state index in [9.17, 15) is 4.79 Å². The van der Waals surface area contributed by atoms with Crippen LogP contribution in [0.5, 0.6) is 5.75 Å². The maximum atomic E-state index is 12.6. The Labute approximate surface area is 162 Å². The van der Waals surface area contributed by atoms with Gasteiger partial charge < -0.3 is 15.4 Å². The highest BCUT2D eigenvalue weighted by atomic mass is 35.5. The number of anilines is 1. The Morgan fingerprint density at radius 2 is 2.19 bits per heavy atom. The molecule has 0 spiro atoms. The molecule has 0 saturated carbocycles. The van der Waals surface area contributed by atoms with Crippen molar-refractivity contribution in [2.24, 2.45) is 5.92 Å². The molecule has 7 heteroatoms. The normalized spacial score (nSPS) is 17.0. The fourth-order valence-electron chi connectivity index (χ4n) is 3.42. The van der Waals surface area contributed by atoms with Gasteiger partial charge in [0.05, 0.1) is 18.5 Å². The molecule has 1 aliphatic heterocycles. The summed E-state index contributed by atoms with van der Waals surface area (Å²) in [5, 5.41) is 15.0. The Balaban J connectivity index is 1.66. The molecule has 1 aromatic heterocycles. The van der Waals surface area contributed by atoms with Gasteiger partial charge in [-0.25, -0.2) is 0 Å². The second-order valence-corrected chi connectivity index (χ2v) is 7.12. The first-order chi connectivity index (χ1) is 13.2. The summed E-state index contributed by atoms with van der Waals surface area (Å²) in [4.78, 5) is 12.6. The molecular formula is C20H21ClN4O2. The predicted molar refractivity (Wildman–Crippen MR) is 107 cm³/mol. The maximum absolute atomic E-state index is 12.6. The van der Waals surface area contributed by atoms with Gasteiger partial charge in [0.25, 0.3) is 0 Å². The third-order valence-corrected chi connectivity index (χ3v) is 5.29. The Morgan fingerprint density at radius 1 is 1.30 bits per heavy atom. The lowest BCUT2D eigenvalue weighted by Crippen LogP contribution is -2.37. The average molecular weight is 385 g/mol. The second-order valence-electron chi connectivity index (χ2n) is 6.71. The van der Waals surface area contributed by atoms with Crippen LogP contribution >= 0.6 is 11.6 Å². The van der Waals surface area contributed by atoms with E-state index in [1.807, 2.05) is 36.4 Å². The molecule has 2 aromatic carbocycles. The average Bonchev–Trinajstić information content (AvgIpc) is 3.11. The number of nitrogens with one attached hydrogen (secondary N) is 3. The van der Waals surface area contributed by atoms with E-state index in [0.717, 1.165) is 47.2 Å². The van der Waals surface area contributed by atoms with Gasteiger partial charge in [0.15, 0.2) is 5.82 Å². The van der Waals surface area contributed by atoms with Crippen LogP contribution in [0.15, 0.2) is 36.4 Å². The number of fused-ring (bicyclic) bond motifs is 1. The van der Waals surface area contributed by atoms with E-state index in [2.05, 4.69) is 20.8 Å². The minimum Gasteiger partial charge on any atom is -0.497 e. The van der Waals surface area contributed by atoms with E-state index in [0.29, 0.717) is 17.4 Å². The van der Waals surface area contributed by atoms with Crippen LogP contribution in [-0.4, -0.2) is 36.3 Å². The zero-order chi connectivity index (χ0) is 18.8. The van der Waals surface area contributed by atoms with Crippen LogP contribution in [0.4, 0.5) is 5.82 Å². The van der Waals surface area contributed by atoms with Crippen LogP contribution < -0.4 is 15.4 Å². The number of hydrogen-bond donors (Lipinski definition) is 3. The molecule has 6 nitrogen and oxygen atoms in total. The van der Waals surface area contributed by atoms with Crippen LogP contribution in [0, 0.1) is 5.92 Å². The van der Waals surface area contributed by atoms with Gasteiger partial charge in [0, 0.05) is 22.5 Å². The predicted octanol–water partition coefficient (Wildman–Crippen LogP) is 3.83. The monoisotopic (exact) mass is 384 g/mol. The number of piperidine rings is 1. The quantitative estimate of drug-likeness (QED) is 0.638. The molecule has 140 valence electrons. The first-order valence-electron chi connectivity index (χ1n) is 8.99. The number of aromatic nitrogens is 2. The minimum atomic E-state index is -0.0264. The topological polar surface area (TPSA) is 79.0 Å². The fraction of sp³-hybridized carbons (Fsp3) is 0.300. The van der Waals surface area contributed by atoms with E-state index in [4.69, 9.17) is 16.3 Å². The number of benzene rings is 2. The second kappa shape index (κ2) is 7.58. The Bertz CT molecular complexity index is 979. The summed E-state index contributed by atoms with van der Waals surface area (Å²) >= 11 is 6.38. The summed E-state index contributed by atoms with van der Waals surface area (Å²) < 4.78 is 5.31. The number of hydrogen-bond acceptors (Lipinski definition) is 4. The fourth-order valence-corrected chi connectivity index (χ4v) is 3.65. The SMILES string of the molecule is COc1ccc(Cl)c(-c2ccc3[nH]nc(NC(=O)[C@@H]4CCCNC4)c3c2)c1. The Morgan fingerprint density at radius 3 is 2.96 bits per heavy atom. The highest BCUT2D eigenvalue weighted by molar-refractivity contribution is 6.33. The lowest BCUT2D eigenvalue weighted by atomic mass is 9.99. The van der Waals surface area contributed by atoms with E-state index in [1.165, 1.54) is 0 Å². The number of amides is 1. The summed E-state index contributed by atoms with van der Waals surface area (Å²) in [6.45, 7) is 1.68. The van der Waals surface area contributed by atoms with Crippen molar-refractivity contribution in [3.05, 3.63) is 41.4 Å². The van der Waals surface area contributed by atoms with Crippen molar-refractivity contribution in [1.29, 1.82) is 0 Å². The highest BCUT2D eigenvalue weighted by Crippen LogP contribution is 2.34. The largest absolute Gasteiger partial charge is 0.497 e. The van der Waals surface area contributed by atoms with Crippen molar-refractivity contribution < 1.29 is 9.53 Å². The lowest BCUT2D eigenvalue weighted by Gasteiger charge is -2.21. The van der Waals surface area contributed by atoms with Crippen LogP contribution in [0.1, 0.15) is 12.8 Å². The number of aromatic amines is 1. The molecule has 0 radical (unpaired) electrons. The Kier molecular flexibility index (Phi) is 5.01. The molecule has 0 bridgehead atoms. The third-order valence-electron chi connectivity index (χ3n) is 4.96. The van der Waals surface area contributed by atoms with Crippen molar-refractivity contribution in [2.75, 3.05) is 25.5 Å². The van der Waals surface area contributed by atoms with Crippen molar-refractivity contribution in [3.8, 4) is 16.9 Å². The molecular weight excluding hydrogens is 364 g/mol. The maximum Gasteiger partial charge on any atom is 0.229 e. The van der Waals surface area contributed by atoms with Crippen molar-refractivity contribution in [2.45, 2.75) is 12.8 Å². The summed E-state index contributed by atoms with van der Waals surface area (Å²) in [6, 6.07) is 11.4. The van der Waals surface area contributed by atoms with Gasteiger partial charge in [-0.15, -0.1) is 0 Å². The first-order valence-corrected chi connectivity index (χ1v) is 9.37. The van der Waals surface area contributed by atoms with E-state index < -0.39 is 0 Å². The minimum absolute atomic E-state index is 0.000385. The standard InChI is InChI=1S/C20H21ClN4O2/c1-27-14-5-6-17(21)15(10-14)12-4-7-18-16(9-12)19(25-24-18)23-20(26)13-3-2-8-22-11-13/h4-7,9-10,13,22H,2-3,8,11H2,1H3,(H2,23,24,25,26)/t13-/m1/s1. The van der Waals surface area contributed by atoms with Crippen molar-refractivity contribution in [3.63, 3.8) is 0 Å². The smallest absolute Gasteiger partial charge is 0.229 e. The number of carbonyl (C=O) groups is 1. The molecule has 1 saturated heterocycles. The summed E-state index contributed by atoms with van der Waals surface area (Å²) in [5.74, 6) is 1.25. The Hall–Kier alpha value is -2.57. The molecule has 1 amide bonds. The van der Waals surface area contributed by atoms with Crippen LogP contribution in [0.25, 0.3) is 22.0 Å². The molecule has 27 heavy (non-hydrogen) atoms. The van der Waals surface area contributed by atoms with Crippen LogP contribution in [0.2, 0.25) is 5.02 Å². The molecule has 4 rings (SSSR count). The van der Waals surface area contributed by atoms with Gasteiger partial charge in [-0.05, 0) is 55.3 Å². The number of carbonyl (C=O) groups excluding carboxylic acids is 1. The number of rotatable bonds is 4. The summed E-state index contributed by atoms with van der Waals surface area (Å²) in [6.07, 6.45) is 1.91. The van der Waals surface area contributed by atoms with Crippen molar-refractivity contribution >= 4 is 34.2 Å². The zero-order valence-electron chi connectivity index (χ0n) is 15.0. The molecule has 1 aliphatic rings. The molecule has 3 N–H and O–H groups in total. The number of nitrogens with zero attached hydrogens (tertiary/aromatic N) is 1. The van der Waals surface area contributed by atoms with Gasteiger partial charge in [-0.1, -0.05) is 17.7 Å². The van der Waals surface area contributed by atoms with E-state index in [-0.39, 0.29) is 11.8 Å². The first kappa shape index (κ1) is 17.8. The van der Waals surface area contributed by atoms with Gasteiger partial charge >= 0.3 is 0 Å². The zero-order valence-corrected chi connectivity index (χ0v) is 15.8. The third kappa shape index (κ3) is 3.63. The molecule has 2 heterocycles. The van der Waals surface area contributed by atoms with Crippen LogP contribution in [-0.2, 0) is 4.79 Å². The molecule has 0 aliphatic carbocycles. The molecule has 3 aromatic rings. The van der Waals surface area contributed by atoms with Crippen molar-refractivity contribution in [1.82, 2.24) is 15.5 Å². The lowest BCUT2D eigenvalue weighted by molar-refractivity contribution is -0.120.